The number of pyridine rings is 2. The van der Waals surface area contributed by atoms with Crippen LogP contribution in [0.2, 0.25) is 0 Å². The van der Waals surface area contributed by atoms with Gasteiger partial charge in [0.1, 0.15) is 0 Å². The zero-order chi connectivity index (χ0) is 23.1. The molecule has 1 unspecified atom stereocenters. The molecule has 1 aliphatic heterocycles. The minimum atomic E-state index is 0.0779. The van der Waals surface area contributed by atoms with Gasteiger partial charge in [0.05, 0.1) is 20.5 Å². The third kappa shape index (κ3) is 3.19. The Morgan fingerprint density at radius 3 is 1.97 bits per heavy atom. The molecule has 0 amide bonds. The summed E-state index contributed by atoms with van der Waals surface area (Å²) in [4.78, 5) is 0. The fourth-order valence-electron chi connectivity index (χ4n) is 5.21. The molecule has 5 aromatic rings. The summed E-state index contributed by atoms with van der Waals surface area (Å²) in [6.45, 7) is 6.45. The van der Waals surface area contributed by atoms with E-state index < -0.39 is 0 Å². The lowest BCUT2D eigenvalue weighted by Gasteiger charge is -2.17. The summed E-state index contributed by atoms with van der Waals surface area (Å²) in [7, 11) is 0. The molecule has 0 bridgehead atoms. The molecule has 3 heterocycles. The molecule has 34 heavy (non-hydrogen) atoms. The van der Waals surface area contributed by atoms with Gasteiger partial charge in [-0.1, -0.05) is 72.8 Å². The highest BCUT2D eigenvalue weighted by Gasteiger charge is 2.34. The van der Waals surface area contributed by atoms with Crippen molar-refractivity contribution in [3.63, 3.8) is 0 Å². The van der Waals surface area contributed by atoms with E-state index in [4.69, 9.17) is 0 Å². The molecule has 162 valence electrons. The average molecular weight is 439 g/mol. The number of hydrogen-bond donors (Lipinski definition) is 0. The van der Waals surface area contributed by atoms with E-state index in [1.54, 1.807) is 0 Å². The van der Waals surface area contributed by atoms with Crippen LogP contribution in [0.25, 0.3) is 33.6 Å². The lowest BCUT2D eigenvalue weighted by Crippen LogP contribution is -2.68. The highest BCUT2D eigenvalue weighted by molar-refractivity contribution is 5.74. The molecule has 2 aromatic heterocycles. The molecule has 0 radical (unpaired) electrons. The number of fused-ring (bicyclic) bond motifs is 7. The van der Waals surface area contributed by atoms with Crippen LogP contribution in [0.15, 0.2) is 128 Å². The molecule has 0 N–H and O–H groups in total. The van der Waals surface area contributed by atoms with Crippen molar-refractivity contribution in [3.8, 4) is 33.6 Å². The summed E-state index contributed by atoms with van der Waals surface area (Å²) in [5.74, 6) is 0.0779. The Labute approximate surface area is 200 Å². The normalized spacial score (nSPS) is 13.9. The molecule has 0 spiro atoms. The first kappa shape index (κ1) is 20.3. The van der Waals surface area contributed by atoms with E-state index in [2.05, 4.69) is 144 Å². The van der Waals surface area contributed by atoms with Crippen LogP contribution in [0.5, 0.6) is 0 Å². The summed E-state index contributed by atoms with van der Waals surface area (Å²) in [6.07, 6.45) is 6.48. The van der Waals surface area contributed by atoms with Gasteiger partial charge in [0.15, 0.2) is 0 Å². The summed E-state index contributed by atoms with van der Waals surface area (Å²) in [5, 5.41) is 0. The first-order valence-electron chi connectivity index (χ1n) is 11.7. The highest BCUT2D eigenvalue weighted by Crippen LogP contribution is 2.39. The summed E-state index contributed by atoms with van der Waals surface area (Å²) >= 11 is 0. The van der Waals surface area contributed by atoms with E-state index in [0.29, 0.717) is 0 Å². The van der Waals surface area contributed by atoms with Crippen LogP contribution in [0, 0.1) is 6.92 Å². The number of benzene rings is 3. The van der Waals surface area contributed by atoms with Gasteiger partial charge in [-0.25, -0.2) is 0 Å². The predicted molar refractivity (Wildman–Crippen MR) is 137 cm³/mol. The number of nitrogens with zero attached hydrogens (tertiary/aromatic N) is 2. The van der Waals surface area contributed by atoms with Crippen molar-refractivity contribution in [2.45, 2.75) is 12.8 Å². The summed E-state index contributed by atoms with van der Waals surface area (Å²) < 4.78 is 4.55. The summed E-state index contributed by atoms with van der Waals surface area (Å²) in [6, 6.07) is 36.8. The van der Waals surface area contributed by atoms with E-state index >= 15 is 0 Å². The van der Waals surface area contributed by atoms with Crippen molar-refractivity contribution >= 4 is 0 Å². The van der Waals surface area contributed by atoms with Crippen LogP contribution < -0.4 is 9.35 Å². The quantitative estimate of drug-likeness (QED) is 0.219. The molecule has 6 rings (SSSR count). The van der Waals surface area contributed by atoms with Gasteiger partial charge in [-0.05, 0) is 47.4 Å². The minimum absolute atomic E-state index is 0.0779. The van der Waals surface area contributed by atoms with Gasteiger partial charge >= 0.3 is 0 Å². The topological polar surface area (TPSA) is 7.76 Å². The fourth-order valence-corrected chi connectivity index (χ4v) is 5.21. The Kier molecular flexibility index (Phi) is 4.92. The Morgan fingerprint density at radius 2 is 1.26 bits per heavy atom. The zero-order valence-electron chi connectivity index (χ0n) is 19.2. The first-order chi connectivity index (χ1) is 16.8. The van der Waals surface area contributed by atoms with E-state index in [1.165, 1.54) is 38.9 Å². The van der Waals surface area contributed by atoms with Crippen molar-refractivity contribution in [2.75, 3.05) is 0 Å². The number of allylic oxidation sites excluding steroid dienone is 1. The van der Waals surface area contributed by atoms with E-state index in [0.717, 1.165) is 11.4 Å². The Bertz CT molecular complexity index is 1530. The smallest absolute Gasteiger partial charge is 0.102 e. The molecular formula is C32H26N2+2. The Hall–Kier alpha value is -4.30. The van der Waals surface area contributed by atoms with Crippen molar-refractivity contribution in [1.82, 2.24) is 0 Å². The standard InChI is InChI=1S/C32H26N2/c1-3-25-26-15-7-9-17-28(26)31-19-11-12-20-33(31)34-22-23(2)30(24-13-5-4-6-14-24)21-32(34)29-18-10-8-16-27(25)29/h3-22,25H,1H2,2H3/q+2. The predicted octanol–water partition coefficient (Wildman–Crippen LogP) is 6.51. The number of aryl methyl sites for hydroxylation is 1. The van der Waals surface area contributed by atoms with Crippen molar-refractivity contribution < 1.29 is 9.35 Å². The van der Waals surface area contributed by atoms with Gasteiger partial charge in [-0.2, -0.15) is 0 Å². The van der Waals surface area contributed by atoms with Crippen molar-refractivity contribution in [3.05, 3.63) is 145 Å². The Balaban J connectivity index is 1.78. The molecule has 0 fully saturated rings. The van der Waals surface area contributed by atoms with Gasteiger partial charge in [-0.3, -0.25) is 0 Å². The Morgan fingerprint density at radius 1 is 0.647 bits per heavy atom. The van der Waals surface area contributed by atoms with Gasteiger partial charge < -0.3 is 0 Å². The molecule has 1 aliphatic rings. The van der Waals surface area contributed by atoms with Crippen LogP contribution in [0.3, 0.4) is 0 Å². The highest BCUT2D eigenvalue weighted by atomic mass is 15.5. The van der Waals surface area contributed by atoms with Crippen LogP contribution in [-0.4, -0.2) is 0 Å². The van der Waals surface area contributed by atoms with Crippen LogP contribution in [0.1, 0.15) is 22.6 Å². The van der Waals surface area contributed by atoms with Gasteiger partial charge in [0, 0.05) is 29.7 Å². The van der Waals surface area contributed by atoms with Crippen molar-refractivity contribution in [1.29, 1.82) is 0 Å². The molecule has 2 nitrogen and oxygen atoms in total. The molecule has 2 heteroatoms. The number of rotatable bonds is 2. The van der Waals surface area contributed by atoms with E-state index in [1.807, 2.05) is 0 Å². The SMILES string of the molecule is C=CC1c2ccccc2-c2cccc[n+]2-[n+]2cc(C)c(-c3ccccc3)cc2-c2ccccc21. The average Bonchev–Trinajstić information content (AvgIpc) is 2.93. The number of aromatic nitrogens is 2. The van der Waals surface area contributed by atoms with E-state index in [-0.39, 0.29) is 5.92 Å². The minimum Gasteiger partial charge on any atom is -0.102 e. The van der Waals surface area contributed by atoms with Crippen molar-refractivity contribution in [2.24, 2.45) is 0 Å². The lowest BCUT2D eigenvalue weighted by atomic mass is 9.84. The second kappa shape index (κ2) is 8.24. The second-order valence-electron chi connectivity index (χ2n) is 8.78. The first-order valence-corrected chi connectivity index (χ1v) is 11.7. The van der Waals surface area contributed by atoms with E-state index in [9.17, 15) is 0 Å². The third-order valence-corrected chi connectivity index (χ3v) is 6.80. The molecule has 0 saturated carbocycles. The van der Waals surface area contributed by atoms with Gasteiger partial charge in [0.2, 0.25) is 12.4 Å². The largest absolute Gasteiger partial charge is 0.285 e. The maximum absolute atomic E-state index is 4.26. The summed E-state index contributed by atoms with van der Waals surface area (Å²) in [5.41, 5.74) is 10.9. The lowest BCUT2D eigenvalue weighted by molar-refractivity contribution is -1.29. The molecular weight excluding hydrogens is 412 g/mol. The maximum Gasteiger partial charge on any atom is 0.285 e. The molecule has 0 saturated heterocycles. The van der Waals surface area contributed by atoms with Crippen LogP contribution in [0.4, 0.5) is 0 Å². The van der Waals surface area contributed by atoms with Gasteiger partial charge in [0.25, 0.3) is 11.4 Å². The molecule has 1 atom stereocenters. The van der Waals surface area contributed by atoms with Crippen LogP contribution >= 0.6 is 0 Å². The second-order valence-corrected chi connectivity index (χ2v) is 8.78. The zero-order valence-corrected chi connectivity index (χ0v) is 19.2. The van der Waals surface area contributed by atoms with Gasteiger partial charge in [-0.15, -0.1) is 6.58 Å². The monoisotopic (exact) mass is 438 g/mol. The number of hydrogen-bond acceptors (Lipinski definition) is 0. The fraction of sp³-hybridized carbons (Fsp3) is 0.0625. The molecule has 3 aromatic carbocycles. The van der Waals surface area contributed by atoms with Crippen LogP contribution in [-0.2, 0) is 0 Å². The molecule has 0 aliphatic carbocycles. The third-order valence-electron chi connectivity index (χ3n) is 6.80. The maximum atomic E-state index is 4.26.